The molecule has 5 atom stereocenters. The molecule has 3 aliphatic rings. The third-order valence-electron chi connectivity index (χ3n) is 7.47. The number of hydrogen-bond acceptors (Lipinski definition) is 10. The second-order valence-corrected chi connectivity index (χ2v) is 12.2. The maximum absolute atomic E-state index is 13.6. The first kappa shape index (κ1) is 30.4. The summed E-state index contributed by atoms with van der Waals surface area (Å²) < 4.78 is 11.4. The number of carbonyl (C=O) groups excluding carboxylic acids is 1. The third-order valence-corrected chi connectivity index (χ3v) is 9.20. The van der Waals surface area contributed by atoms with Gasteiger partial charge in [-0.3, -0.25) is 4.79 Å². The van der Waals surface area contributed by atoms with Crippen LogP contribution in [0.1, 0.15) is 5.56 Å². The molecular weight excluding hydrogens is 593 g/mol. The zero-order valence-corrected chi connectivity index (χ0v) is 24.7. The molecule has 222 valence electrons. The largest absolute Gasteiger partial charge is 0.462 e. The van der Waals surface area contributed by atoms with Gasteiger partial charge in [-0.2, -0.15) is 0 Å². The van der Waals surface area contributed by atoms with E-state index in [4.69, 9.17) is 32.7 Å². The van der Waals surface area contributed by atoms with Crippen molar-refractivity contribution in [2.45, 2.75) is 30.7 Å². The van der Waals surface area contributed by atoms with Crippen molar-refractivity contribution >= 4 is 58.3 Å². The number of anilines is 2. The van der Waals surface area contributed by atoms with Crippen molar-refractivity contribution in [2.75, 3.05) is 61.9 Å². The van der Waals surface area contributed by atoms with E-state index in [1.165, 1.54) is 11.8 Å². The summed E-state index contributed by atoms with van der Waals surface area (Å²) in [7, 11) is 2.08. The lowest BCUT2D eigenvalue weighted by Gasteiger charge is -2.39. The lowest BCUT2D eigenvalue weighted by molar-refractivity contribution is -0.277. The maximum atomic E-state index is 13.6. The van der Waals surface area contributed by atoms with Gasteiger partial charge in [-0.1, -0.05) is 23.2 Å². The van der Waals surface area contributed by atoms with Crippen molar-refractivity contribution in [3.05, 3.63) is 56.9 Å². The Kier molecular flexibility index (Phi) is 9.69. The van der Waals surface area contributed by atoms with Crippen LogP contribution in [0.2, 0.25) is 10.0 Å². The third kappa shape index (κ3) is 6.64. The van der Waals surface area contributed by atoms with Gasteiger partial charge in [0.2, 0.25) is 6.29 Å². The first-order valence-electron chi connectivity index (χ1n) is 13.3. The number of ether oxygens (including phenoxy) is 2. The van der Waals surface area contributed by atoms with E-state index in [-0.39, 0.29) is 5.91 Å². The average Bonchev–Trinajstić information content (AvgIpc) is 2.97. The van der Waals surface area contributed by atoms with Gasteiger partial charge in [0, 0.05) is 55.4 Å². The minimum atomic E-state index is -1.55. The molecule has 3 fully saturated rings. The molecule has 3 aliphatic heterocycles. The Morgan fingerprint density at radius 3 is 2.46 bits per heavy atom. The monoisotopic (exact) mass is 625 g/mol. The first-order valence-corrected chi connectivity index (χ1v) is 15.1. The number of rotatable bonds is 6. The minimum Gasteiger partial charge on any atom is -0.462 e. The second-order valence-electron chi connectivity index (χ2n) is 10.2. The van der Waals surface area contributed by atoms with Gasteiger partial charge in [0.25, 0.3) is 5.91 Å². The number of benzene rings is 2. The fourth-order valence-corrected chi connectivity index (χ4v) is 6.27. The number of halogens is 2. The van der Waals surface area contributed by atoms with Gasteiger partial charge >= 0.3 is 0 Å². The Bertz CT molecular complexity index is 1290. The molecule has 2 aromatic carbocycles. The summed E-state index contributed by atoms with van der Waals surface area (Å²) in [5.74, 6) is 0.848. The summed E-state index contributed by atoms with van der Waals surface area (Å²) >= 11 is 13.8. The highest BCUT2D eigenvalue weighted by Crippen LogP contribution is 2.36. The molecule has 41 heavy (non-hydrogen) atoms. The maximum Gasteiger partial charge on any atom is 0.264 e. The molecule has 0 aromatic heterocycles. The Morgan fingerprint density at radius 1 is 1.00 bits per heavy atom. The minimum absolute atomic E-state index is 0.163. The predicted octanol–water partition coefficient (Wildman–Crippen LogP) is 2.04. The molecule has 0 radical (unpaired) electrons. The summed E-state index contributed by atoms with van der Waals surface area (Å²) in [6, 6.07) is 10.5. The van der Waals surface area contributed by atoms with Crippen LogP contribution in [0.4, 0.5) is 11.4 Å². The molecule has 0 spiro atoms. The van der Waals surface area contributed by atoms with Crippen molar-refractivity contribution in [3.8, 4) is 5.75 Å². The number of piperazine rings is 1. The van der Waals surface area contributed by atoms with Crippen molar-refractivity contribution < 1.29 is 34.7 Å². The molecule has 13 heteroatoms. The van der Waals surface area contributed by atoms with Crippen molar-refractivity contribution in [1.29, 1.82) is 0 Å². The van der Waals surface area contributed by atoms with Gasteiger partial charge < -0.3 is 44.6 Å². The summed E-state index contributed by atoms with van der Waals surface area (Å²) in [5.41, 5.74) is 2.32. The molecular formula is C28H33Cl2N3O7S. The fourth-order valence-electron chi connectivity index (χ4n) is 5.04. The molecule has 1 amide bonds. The van der Waals surface area contributed by atoms with E-state index < -0.39 is 37.3 Å². The highest BCUT2D eigenvalue weighted by molar-refractivity contribution is 8.04. The first-order chi connectivity index (χ1) is 19.7. The van der Waals surface area contributed by atoms with E-state index in [0.717, 1.165) is 37.4 Å². The molecule has 0 bridgehead atoms. The molecule has 3 saturated heterocycles. The van der Waals surface area contributed by atoms with Crippen LogP contribution in [0.25, 0.3) is 6.08 Å². The normalized spacial score (nSPS) is 28.8. The van der Waals surface area contributed by atoms with Crippen molar-refractivity contribution in [1.82, 2.24) is 4.90 Å². The smallest absolute Gasteiger partial charge is 0.264 e. The SMILES string of the molecule is CN1CCN(c2ccc(OC3OC(CO)C(O)C(O)C3O)cc2/C=C2\SCCN(c3ccc(Cl)c(Cl)c3)C2=O)CC1. The van der Waals surface area contributed by atoms with Gasteiger partial charge in [-0.25, -0.2) is 0 Å². The van der Waals surface area contributed by atoms with Crippen molar-refractivity contribution in [2.24, 2.45) is 0 Å². The highest BCUT2D eigenvalue weighted by atomic mass is 35.5. The molecule has 0 aliphatic carbocycles. The number of likely N-dealkylation sites (N-methyl/N-ethyl adjacent to an activating group) is 1. The van der Waals surface area contributed by atoms with Crippen LogP contribution in [0, 0.1) is 0 Å². The van der Waals surface area contributed by atoms with Crippen molar-refractivity contribution in [3.63, 3.8) is 0 Å². The van der Waals surface area contributed by atoms with Crippen LogP contribution in [0.15, 0.2) is 41.3 Å². The molecule has 0 saturated carbocycles. The average molecular weight is 627 g/mol. The number of aliphatic hydroxyl groups excluding tert-OH is 4. The van der Waals surface area contributed by atoms with Gasteiger partial charge in [0.1, 0.15) is 30.2 Å². The topological polar surface area (TPSA) is 126 Å². The number of thioether (sulfide) groups is 1. The number of aliphatic hydroxyl groups is 4. The number of amides is 1. The zero-order valence-electron chi connectivity index (χ0n) is 22.4. The van der Waals surface area contributed by atoms with E-state index in [1.807, 2.05) is 12.1 Å². The molecule has 5 rings (SSSR count). The summed E-state index contributed by atoms with van der Waals surface area (Å²) in [6.07, 6.45) is -5.15. The zero-order chi connectivity index (χ0) is 29.3. The van der Waals surface area contributed by atoms with Crippen LogP contribution in [0.5, 0.6) is 5.75 Å². The van der Waals surface area contributed by atoms with E-state index in [9.17, 15) is 25.2 Å². The number of nitrogens with zero attached hydrogens (tertiary/aromatic N) is 3. The summed E-state index contributed by atoms with van der Waals surface area (Å²) in [5, 5.41) is 41.1. The van der Waals surface area contributed by atoms with E-state index in [2.05, 4.69) is 16.8 Å². The van der Waals surface area contributed by atoms with Crippen LogP contribution in [-0.2, 0) is 9.53 Å². The van der Waals surface area contributed by atoms with Crippen LogP contribution in [-0.4, -0.2) is 114 Å². The van der Waals surface area contributed by atoms with Gasteiger partial charge in [-0.15, -0.1) is 11.8 Å². The van der Waals surface area contributed by atoms with Crippen LogP contribution in [0.3, 0.4) is 0 Å². The summed E-state index contributed by atoms with van der Waals surface area (Å²) in [4.78, 5) is 20.3. The van der Waals surface area contributed by atoms with Crippen LogP contribution >= 0.6 is 35.0 Å². The van der Waals surface area contributed by atoms with E-state index >= 15 is 0 Å². The number of carbonyl (C=O) groups is 1. The molecule has 4 N–H and O–H groups in total. The van der Waals surface area contributed by atoms with Gasteiger partial charge in [0.15, 0.2) is 0 Å². The lowest BCUT2D eigenvalue weighted by atomic mass is 9.99. The molecule has 5 unspecified atom stereocenters. The van der Waals surface area contributed by atoms with E-state index in [1.54, 1.807) is 35.2 Å². The van der Waals surface area contributed by atoms with Crippen LogP contribution < -0.4 is 14.5 Å². The molecule has 10 nitrogen and oxygen atoms in total. The number of hydrogen-bond donors (Lipinski definition) is 4. The quantitative estimate of drug-likeness (QED) is 0.354. The summed E-state index contributed by atoms with van der Waals surface area (Å²) in [6.45, 7) is 3.34. The Balaban J connectivity index is 1.46. The Labute approximate surface area is 252 Å². The standard InChI is InChI=1S/C28H33Cl2N3O7S/c1-31-6-8-32(9-7-31)21-5-3-18(39-28-26(37)25(36)24(35)22(15-34)40-28)12-16(21)13-23-27(38)33(10-11-41-23)17-2-4-19(29)20(30)14-17/h2-5,12-14,22,24-26,28,34-37H,6-11,15H2,1H3/b23-13-. The predicted molar refractivity (Wildman–Crippen MR) is 160 cm³/mol. The van der Waals surface area contributed by atoms with E-state index in [0.29, 0.717) is 38.7 Å². The fraction of sp³-hybridized carbons (Fsp3) is 0.464. The molecule has 3 heterocycles. The Hall–Kier alpha value is -2.06. The Morgan fingerprint density at radius 2 is 1.76 bits per heavy atom. The van der Waals surface area contributed by atoms with Gasteiger partial charge in [-0.05, 0) is 49.5 Å². The highest BCUT2D eigenvalue weighted by Gasteiger charge is 2.44. The lowest BCUT2D eigenvalue weighted by Crippen LogP contribution is -2.60. The van der Waals surface area contributed by atoms with Gasteiger partial charge in [0.05, 0.1) is 21.6 Å². The molecule has 2 aromatic rings. The second kappa shape index (κ2) is 13.1.